The summed E-state index contributed by atoms with van der Waals surface area (Å²) in [5.41, 5.74) is 0. The minimum absolute atomic E-state index is 0.0374. The minimum atomic E-state index is -0.981. The average molecular weight is 390 g/mol. The topological polar surface area (TPSA) is 145 Å². The third-order valence-corrected chi connectivity index (χ3v) is 4.42. The van der Waals surface area contributed by atoms with Gasteiger partial charge in [0.15, 0.2) is 0 Å². The van der Waals surface area contributed by atoms with Crippen LogP contribution in [0.2, 0.25) is 0 Å². The summed E-state index contributed by atoms with van der Waals surface area (Å²) in [7, 11) is 0. The molecule has 0 aromatic carbocycles. The van der Waals surface area contributed by atoms with Gasteiger partial charge < -0.3 is 20.4 Å². The maximum absolute atomic E-state index is 11.1. The molecule has 0 aromatic rings. The highest BCUT2D eigenvalue weighted by atomic mass is 16.4. The van der Waals surface area contributed by atoms with E-state index in [9.17, 15) is 19.5 Å². The summed E-state index contributed by atoms with van der Waals surface area (Å²) in [6.45, 7) is 3.46. The molecule has 0 spiro atoms. The molecule has 11 heteroatoms. The zero-order chi connectivity index (χ0) is 20.2. The van der Waals surface area contributed by atoms with Gasteiger partial charge in [0.25, 0.3) is 0 Å². The predicted octanol–water partition coefficient (Wildman–Crippen LogP) is -2.55. The summed E-state index contributed by atoms with van der Waals surface area (Å²) in [5, 5.41) is 36.5. The van der Waals surface area contributed by atoms with E-state index in [-0.39, 0.29) is 26.2 Å². The van der Waals surface area contributed by atoms with E-state index in [4.69, 9.17) is 15.3 Å². The molecule has 1 saturated heterocycles. The van der Waals surface area contributed by atoms with E-state index in [1.54, 1.807) is 14.7 Å². The summed E-state index contributed by atoms with van der Waals surface area (Å²) in [4.78, 5) is 40.4. The fourth-order valence-corrected chi connectivity index (χ4v) is 2.99. The highest BCUT2D eigenvalue weighted by Gasteiger charge is 2.19. The molecular weight excluding hydrogens is 360 g/mol. The number of carboxylic acids is 3. The van der Waals surface area contributed by atoms with Gasteiger partial charge in [-0.15, -0.1) is 0 Å². The first-order valence-electron chi connectivity index (χ1n) is 8.95. The van der Waals surface area contributed by atoms with Crippen LogP contribution in [0.4, 0.5) is 0 Å². The van der Waals surface area contributed by atoms with Gasteiger partial charge in [-0.3, -0.25) is 34.0 Å². The van der Waals surface area contributed by atoms with E-state index < -0.39 is 17.9 Å². The maximum Gasteiger partial charge on any atom is 0.317 e. The Hall–Kier alpha value is -1.79. The Balaban J connectivity index is 2.85. The maximum atomic E-state index is 11.1. The Morgan fingerprint density at radius 1 is 0.556 bits per heavy atom. The Kier molecular flexibility index (Phi) is 10.8. The van der Waals surface area contributed by atoms with Crippen LogP contribution in [0.3, 0.4) is 0 Å². The largest absolute Gasteiger partial charge is 0.480 e. The third-order valence-electron chi connectivity index (χ3n) is 4.42. The normalized spacial score (nSPS) is 19.9. The zero-order valence-corrected chi connectivity index (χ0v) is 15.5. The SMILES string of the molecule is O=C(O)CN1CCN(CCO)CCN(CC(=O)O)CCN(CC(=O)O)CC1. The molecule has 0 aromatic heterocycles. The molecule has 0 amide bonds. The summed E-state index contributed by atoms with van der Waals surface area (Å²) >= 11 is 0. The van der Waals surface area contributed by atoms with Crippen LogP contribution in [0, 0.1) is 0 Å². The van der Waals surface area contributed by atoms with Crippen molar-refractivity contribution in [3.8, 4) is 0 Å². The van der Waals surface area contributed by atoms with E-state index >= 15 is 0 Å². The summed E-state index contributed by atoms with van der Waals surface area (Å²) in [6, 6.07) is 0. The number of rotatable bonds is 8. The van der Waals surface area contributed by atoms with Crippen molar-refractivity contribution in [1.82, 2.24) is 19.6 Å². The van der Waals surface area contributed by atoms with Crippen molar-refractivity contribution in [3.05, 3.63) is 0 Å². The number of carboxylic acid groups (broad SMARTS) is 3. The van der Waals surface area contributed by atoms with Gasteiger partial charge in [0.05, 0.1) is 26.2 Å². The second kappa shape index (κ2) is 12.6. The van der Waals surface area contributed by atoms with E-state index in [1.165, 1.54) is 0 Å². The van der Waals surface area contributed by atoms with Gasteiger partial charge in [0.2, 0.25) is 0 Å². The summed E-state index contributed by atoms with van der Waals surface area (Å²) < 4.78 is 0. The van der Waals surface area contributed by atoms with Gasteiger partial charge in [-0.05, 0) is 0 Å². The van der Waals surface area contributed by atoms with Crippen molar-refractivity contribution in [3.63, 3.8) is 0 Å². The average Bonchev–Trinajstić information content (AvgIpc) is 2.56. The molecule has 156 valence electrons. The third kappa shape index (κ3) is 10.8. The van der Waals surface area contributed by atoms with Crippen LogP contribution in [0.15, 0.2) is 0 Å². The zero-order valence-electron chi connectivity index (χ0n) is 15.5. The molecule has 27 heavy (non-hydrogen) atoms. The monoisotopic (exact) mass is 390 g/mol. The molecule has 0 atom stereocenters. The first-order chi connectivity index (χ1) is 12.8. The molecule has 1 aliphatic heterocycles. The Morgan fingerprint density at radius 3 is 1.04 bits per heavy atom. The molecule has 0 saturated carbocycles. The van der Waals surface area contributed by atoms with Crippen LogP contribution in [0.25, 0.3) is 0 Å². The van der Waals surface area contributed by atoms with Crippen LogP contribution < -0.4 is 0 Å². The Morgan fingerprint density at radius 2 is 0.815 bits per heavy atom. The van der Waals surface area contributed by atoms with Gasteiger partial charge in [-0.2, -0.15) is 0 Å². The van der Waals surface area contributed by atoms with E-state index in [0.29, 0.717) is 58.9 Å². The minimum Gasteiger partial charge on any atom is -0.480 e. The molecule has 1 rings (SSSR count). The number of hydrogen-bond acceptors (Lipinski definition) is 8. The number of nitrogens with zero attached hydrogens (tertiary/aromatic N) is 4. The Labute approximate surface area is 158 Å². The molecule has 4 N–H and O–H groups in total. The number of aliphatic hydroxyl groups is 1. The molecule has 1 aliphatic rings. The number of hydrogen-bond donors (Lipinski definition) is 4. The lowest BCUT2D eigenvalue weighted by atomic mass is 10.3. The molecular formula is C16H30N4O7. The van der Waals surface area contributed by atoms with Crippen LogP contribution in [-0.4, -0.2) is 143 Å². The molecule has 1 heterocycles. The van der Waals surface area contributed by atoms with Gasteiger partial charge >= 0.3 is 17.9 Å². The Bertz CT molecular complexity index is 459. The van der Waals surface area contributed by atoms with Gasteiger partial charge in [0.1, 0.15) is 0 Å². The fourth-order valence-electron chi connectivity index (χ4n) is 2.99. The van der Waals surface area contributed by atoms with Crippen molar-refractivity contribution in [2.24, 2.45) is 0 Å². The van der Waals surface area contributed by atoms with Crippen LogP contribution in [0.1, 0.15) is 0 Å². The smallest absolute Gasteiger partial charge is 0.317 e. The first kappa shape index (κ1) is 23.2. The standard InChI is InChI=1S/C16H30N4O7/c21-10-9-17-1-3-18(11-14(22)23)5-7-20(13-16(26)27)8-6-19(4-2-17)12-15(24)25/h21H,1-13H2,(H,22,23)(H,24,25)(H,26,27). The predicted molar refractivity (Wildman–Crippen MR) is 95.8 cm³/mol. The molecule has 1 fully saturated rings. The van der Waals surface area contributed by atoms with Crippen LogP contribution >= 0.6 is 0 Å². The van der Waals surface area contributed by atoms with Gasteiger partial charge in [-0.1, -0.05) is 0 Å². The first-order valence-corrected chi connectivity index (χ1v) is 8.95. The molecule has 11 nitrogen and oxygen atoms in total. The molecule has 0 bridgehead atoms. The number of aliphatic hydroxyl groups excluding tert-OH is 1. The lowest BCUT2D eigenvalue weighted by molar-refractivity contribution is -0.140. The second-order valence-corrected chi connectivity index (χ2v) is 6.57. The lowest BCUT2D eigenvalue weighted by Crippen LogP contribution is -2.48. The van der Waals surface area contributed by atoms with Crippen molar-refractivity contribution in [2.75, 3.05) is 85.1 Å². The number of aliphatic carboxylic acids is 3. The van der Waals surface area contributed by atoms with E-state index in [2.05, 4.69) is 0 Å². The van der Waals surface area contributed by atoms with Gasteiger partial charge in [0, 0.05) is 58.9 Å². The van der Waals surface area contributed by atoms with Crippen molar-refractivity contribution in [2.45, 2.75) is 0 Å². The summed E-state index contributed by atoms with van der Waals surface area (Å²) in [5.74, 6) is -2.88. The number of carbonyl (C=O) groups is 3. The van der Waals surface area contributed by atoms with Crippen molar-refractivity contribution < 1.29 is 34.8 Å². The van der Waals surface area contributed by atoms with E-state index in [0.717, 1.165) is 0 Å². The number of β-amino-alcohol motifs (C(OH)–C–C–N with tert-alkyl or cyclic N) is 1. The quantitative estimate of drug-likeness (QED) is 0.348. The van der Waals surface area contributed by atoms with Crippen molar-refractivity contribution in [1.29, 1.82) is 0 Å². The van der Waals surface area contributed by atoms with Crippen LogP contribution in [-0.2, 0) is 14.4 Å². The van der Waals surface area contributed by atoms with Crippen molar-refractivity contribution >= 4 is 17.9 Å². The molecule has 0 aliphatic carbocycles. The highest BCUT2D eigenvalue weighted by molar-refractivity contribution is 5.69. The molecule has 0 radical (unpaired) electrons. The summed E-state index contributed by atoms with van der Waals surface area (Å²) in [6.07, 6.45) is 0. The van der Waals surface area contributed by atoms with Crippen LogP contribution in [0.5, 0.6) is 0 Å². The lowest BCUT2D eigenvalue weighted by Gasteiger charge is -2.32. The van der Waals surface area contributed by atoms with E-state index in [1.807, 2.05) is 4.90 Å². The van der Waals surface area contributed by atoms with Gasteiger partial charge in [-0.25, -0.2) is 0 Å². The second-order valence-electron chi connectivity index (χ2n) is 6.57. The molecule has 0 unspecified atom stereocenters. The highest BCUT2D eigenvalue weighted by Crippen LogP contribution is 2.01. The fraction of sp³-hybridized carbons (Fsp3) is 0.812.